The van der Waals surface area contributed by atoms with Crippen molar-refractivity contribution in [2.45, 2.75) is 64.7 Å². The first kappa shape index (κ1) is 19.7. The van der Waals surface area contributed by atoms with Gasteiger partial charge >= 0.3 is 0 Å². The maximum Gasteiger partial charge on any atom is 0.218 e. The first-order valence-electron chi connectivity index (χ1n) is 9.65. The third-order valence-corrected chi connectivity index (χ3v) is 6.72. The summed E-state index contributed by atoms with van der Waals surface area (Å²) in [6.07, 6.45) is 8.78. The van der Waals surface area contributed by atoms with Crippen LogP contribution in [-0.4, -0.2) is 13.3 Å². The van der Waals surface area contributed by atoms with Crippen LogP contribution >= 0.6 is 0 Å². The van der Waals surface area contributed by atoms with Crippen molar-refractivity contribution in [1.82, 2.24) is 0 Å². The van der Waals surface area contributed by atoms with Crippen LogP contribution in [-0.2, 0) is 21.1 Å². The molecule has 2 aliphatic carbocycles. The summed E-state index contributed by atoms with van der Waals surface area (Å²) >= 11 is 0. The summed E-state index contributed by atoms with van der Waals surface area (Å²) in [5, 5.41) is 0. The van der Waals surface area contributed by atoms with Gasteiger partial charge in [-0.05, 0) is 65.0 Å². The minimum absolute atomic E-state index is 0.139. The third-order valence-electron chi connectivity index (χ3n) is 5.96. The molecular weight excluding hydrogens is 352 g/mol. The molecule has 3 rings (SSSR count). The lowest BCUT2D eigenvalue weighted by Crippen LogP contribution is -2.33. The molecule has 0 N–H and O–H groups in total. The number of allylic oxidation sites excluding steroid dienone is 4. The molecule has 0 amide bonds. The fourth-order valence-electron chi connectivity index (χ4n) is 3.95. The van der Waals surface area contributed by atoms with Gasteiger partial charge in [-0.2, -0.15) is 8.42 Å². The molecule has 0 spiro atoms. The van der Waals surface area contributed by atoms with Crippen molar-refractivity contribution in [3.05, 3.63) is 58.7 Å². The van der Waals surface area contributed by atoms with Crippen LogP contribution in [0.1, 0.15) is 70.6 Å². The molecule has 3 heteroatoms. The highest BCUT2D eigenvalue weighted by Crippen LogP contribution is 2.45. The Morgan fingerprint density at radius 1 is 1.07 bits per heavy atom. The predicted molar refractivity (Wildman–Crippen MR) is 114 cm³/mol. The highest BCUT2D eigenvalue weighted by Gasteiger charge is 2.36. The summed E-state index contributed by atoms with van der Waals surface area (Å²) in [6, 6.07) is 6.49. The maximum atomic E-state index is 11.6. The minimum Gasteiger partial charge on any atom is -0.184 e. The fraction of sp³-hybridized carbons (Fsp3) is 0.458. The molecule has 0 aromatic heterocycles. The lowest BCUT2D eigenvalue weighted by Gasteiger charge is -2.41. The Morgan fingerprint density at radius 2 is 1.74 bits per heavy atom. The van der Waals surface area contributed by atoms with Gasteiger partial charge in [-0.25, -0.2) is 0 Å². The van der Waals surface area contributed by atoms with Crippen LogP contribution < -0.4 is 0 Å². The molecule has 2 nitrogen and oxygen atoms in total. The van der Waals surface area contributed by atoms with Crippen molar-refractivity contribution in [3.63, 3.8) is 0 Å². The summed E-state index contributed by atoms with van der Waals surface area (Å²) in [5.41, 5.74) is 5.07. The zero-order valence-corrected chi connectivity index (χ0v) is 17.7. The van der Waals surface area contributed by atoms with E-state index in [9.17, 15) is 8.42 Å². The maximum absolute atomic E-state index is 11.6. The fourth-order valence-corrected chi connectivity index (χ4v) is 4.55. The molecule has 142 valence electrons. The van der Waals surface area contributed by atoms with E-state index >= 15 is 0 Å². The molecule has 2 aliphatic rings. The molecule has 1 atom stereocenters. The normalized spacial score (nSPS) is 22.3. The van der Waals surface area contributed by atoms with Gasteiger partial charge in [0.1, 0.15) is 0 Å². The Kier molecular flexibility index (Phi) is 5.23. The monoisotopic (exact) mass is 380 g/mol. The van der Waals surface area contributed by atoms with E-state index in [2.05, 4.69) is 57.7 Å². The average Bonchev–Trinajstić information content (AvgIpc) is 2.63. The number of benzene rings is 1. The van der Waals surface area contributed by atoms with Crippen LogP contribution in [0.25, 0.3) is 0 Å². The number of fused-ring (bicyclic) bond motifs is 1. The zero-order valence-electron chi connectivity index (χ0n) is 16.9. The molecule has 0 saturated carbocycles. The van der Waals surface area contributed by atoms with Gasteiger partial charge < -0.3 is 0 Å². The van der Waals surface area contributed by atoms with Gasteiger partial charge in [0.05, 0.1) is 10.8 Å². The molecule has 1 aromatic rings. The van der Waals surface area contributed by atoms with Crippen LogP contribution in [0.3, 0.4) is 0 Å². The van der Waals surface area contributed by atoms with Gasteiger partial charge in [-0.15, -0.1) is 0 Å². The average molecular weight is 381 g/mol. The van der Waals surface area contributed by atoms with Crippen LogP contribution in [0.2, 0.25) is 0 Å². The summed E-state index contributed by atoms with van der Waals surface area (Å²) in [6.45, 7) is 11.2. The van der Waals surface area contributed by atoms with E-state index in [0.29, 0.717) is 4.86 Å². The van der Waals surface area contributed by atoms with Gasteiger partial charge in [-0.3, -0.25) is 0 Å². The molecule has 1 unspecified atom stereocenters. The largest absolute Gasteiger partial charge is 0.218 e. The van der Waals surface area contributed by atoms with Gasteiger partial charge in [0.25, 0.3) is 0 Å². The smallest absolute Gasteiger partial charge is 0.184 e. The second-order valence-corrected chi connectivity index (χ2v) is 9.78. The Morgan fingerprint density at radius 3 is 2.37 bits per heavy atom. The van der Waals surface area contributed by atoms with E-state index in [1.807, 2.05) is 19.1 Å². The van der Waals surface area contributed by atoms with Crippen LogP contribution in [0.4, 0.5) is 0 Å². The molecular formula is C24H28O2S. The van der Waals surface area contributed by atoms with Gasteiger partial charge in [0, 0.05) is 5.56 Å². The van der Waals surface area contributed by atoms with Gasteiger partial charge in [-0.1, -0.05) is 64.7 Å². The van der Waals surface area contributed by atoms with E-state index in [0.717, 1.165) is 24.0 Å². The lowest BCUT2D eigenvalue weighted by molar-refractivity contribution is 0.332. The first-order valence-corrected chi connectivity index (χ1v) is 10.7. The van der Waals surface area contributed by atoms with Crippen molar-refractivity contribution in [2.24, 2.45) is 5.92 Å². The third kappa shape index (κ3) is 3.96. The van der Waals surface area contributed by atoms with Crippen molar-refractivity contribution < 1.29 is 8.42 Å². The van der Waals surface area contributed by atoms with Crippen molar-refractivity contribution >= 4 is 15.2 Å². The molecule has 0 fully saturated rings. The second kappa shape index (κ2) is 7.17. The second-order valence-electron chi connectivity index (χ2n) is 8.84. The molecule has 0 saturated heterocycles. The van der Waals surface area contributed by atoms with E-state index in [4.69, 9.17) is 0 Å². The topological polar surface area (TPSA) is 34.1 Å². The standard InChI is InChI=1S/C24H28O2S/c1-6-17-7-10-19(22(16-17)27(25)26)11-8-18-9-12-20-21(15-18)24(4,5)14-13-23(20,2)3/h7,9-10,12,15-16,19H,6,13-14H2,1-5H3. The van der Waals surface area contributed by atoms with Crippen LogP contribution in [0.15, 0.2) is 42.0 Å². The summed E-state index contributed by atoms with van der Waals surface area (Å²) in [4.78, 5) is 0.362. The van der Waals surface area contributed by atoms with E-state index in [1.54, 1.807) is 6.08 Å². The number of hydrogen-bond acceptors (Lipinski definition) is 2. The van der Waals surface area contributed by atoms with E-state index in [1.165, 1.54) is 17.5 Å². The molecule has 0 bridgehead atoms. The molecule has 1 aromatic carbocycles. The van der Waals surface area contributed by atoms with E-state index in [-0.39, 0.29) is 16.7 Å². The predicted octanol–water partition coefficient (Wildman–Crippen LogP) is 4.96. The van der Waals surface area contributed by atoms with Crippen molar-refractivity contribution in [3.8, 4) is 11.8 Å². The molecule has 0 aliphatic heterocycles. The molecule has 27 heavy (non-hydrogen) atoms. The highest BCUT2D eigenvalue weighted by atomic mass is 32.2. The zero-order chi connectivity index (χ0) is 19.8. The quantitative estimate of drug-likeness (QED) is 0.510. The Labute approximate surface area is 164 Å². The molecule has 0 heterocycles. The summed E-state index contributed by atoms with van der Waals surface area (Å²) in [5.74, 6) is 6.00. The summed E-state index contributed by atoms with van der Waals surface area (Å²) < 4.78 is 23.2. The molecule has 0 radical (unpaired) electrons. The Balaban J connectivity index is 1.99. The SMILES string of the molecule is CCC1=CC(=S(=O)=O)C(C#Cc2ccc3c(c2)C(C)(C)CCC3(C)C)C=C1. The minimum atomic E-state index is -2.25. The van der Waals surface area contributed by atoms with Gasteiger partial charge in [0.15, 0.2) is 0 Å². The Bertz CT molecular complexity index is 1010. The van der Waals surface area contributed by atoms with Crippen LogP contribution in [0, 0.1) is 17.8 Å². The number of rotatable bonds is 1. The number of hydrogen-bond donors (Lipinski definition) is 0. The van der Waals surface area contributed by atoms with Crippen molar-refractivity contribution in [2.75, 3.05) is 0 Å². The first-order chi connectivity index (χ1) is 12.6. The summed E-state index contributed by atoms with van der Waals surface area (Å²) in [7, 11) is -2.25. The highest BCUT2D eigenvalue weighted by molar-refractivity contribution is 7.73. The Hall–Kier alpha value is -2.05. The lowest BCUT2D eigenvalue weighted by atomic mass is 9.63. The van der Waals surface area contributed by atoms with Crippen LogP contribution in [0.5, 0.6) is 0 Å². The van der Waals surface area contributed by atoms with Crippen molar-refractivity contribution in [1.29, 1.82) is 0 Å². The van der Waals surface area contributed by atoms with E-state index < -0.39 is 10.3 Å². The van der Waals surface area contributed by atoms with Gasteiger partial charge in [0.2, 0.25) is 10.3 Å².